The lowest BCUT2D eigenvalue weighted by Crippen LogP contribution is -2.38. The molecule has 0 saturated heterocycles. The molecule has 1 heterocycles. The van der Waals surface area contributed by atoms with Crippen LogP contribution in [0.15, 0.2) is 48.8 Å². The topological polar surface area (TPSA) is 61.7 Å². The number of hydrogen-bond donors (Lipinski definition) is 2. The fourth-order valence-corrected chi connectivity index (χ4v) is 3.05. The number of nitrogens with zero attached hydrogens (tertiary/aromatic N) is 2. The zero-order chi connectivity index (χ0) is 16.9. The van der Waals surface area contributed by atoms with Gasteiger partial charge in [-0.1, -0.05) is 17.7 Å². The maximum Gasteiger partial charge on any atom is 0.0922 e. The molecular formula is C20H24N4. The molecule has 4 heteroatoms. The number of hydrogen-bond acceptors (Lipinski definition) is 4. The number of allylic oxidation sites excluding steroid dienone is 2. The quantitative estimate of drug-likeness (QED) is 0.589. The number of benzene rings is 1. The highest BCUT2D eigenvalue weighted by molar-refractivity contribution is 6.07. The van der Waals surface area contributed by atoms with E-state index >= 15 is 0 Å². The van der Waals surface area contributed by atoms with Crippen molar-refractivity contribution in [2.75, 3.05) is 0 Å². The van der Waals surface area contributed by atoms with Crippen LogP contribution in [0.2, 0.25) is 0 Å². The highest BCUT2D eigenvalue weighted by atomic mass is 14.9. The highest BCUT2D eigenvalue weighted by Gasteiger charge is 2.27. The second-order valence-corrected chi connectivity index (χ2v) is 6.68. The van der Waals surface area contributed by atoms with Gasteiger partial charge in [-0.15, -0.1) is 6.58 Å². The third-order valence-electron chi connectivity index (χ3n) is 4.59. The number of rotatable bonds is 7. The molecule has 1 saturated carbocycles. The molecule has 0 aliphatic heterocycles. The van der Waals surface area contributed by atoms with E-state index in [1.54, 1.807) is 6.20 Å². The van der Waals surface area contributed by atoms with Gasteiger partial charge < -0.3 is 10.7 Å². The molecule has 0 radical (unpaired) electrons. The fourth-order valence-electron chi connectivity index (χ4n) is 3.05. The zero-order valence-corrected chi connectivity index (χ0v) is 14.1. The lowest BCUT2D eigenvalue weighted by Gasteiger charge is -2.35. The van der Waals surface area contributed by atoms with Crippen molar-refractivity contribution in [1.29, 1.82) is 5.41 Å². The summed E-state index contributed by atoms with van der Waals surface area (Å²) in [5, 5.41) is 11.1. The van der Waals surface area contributed by atoms with Crippen molar-refractivity contribution in [3.63, 3.8) is 0 Å². The summed E-state index contributed by atoms with van der Waals surface area (Å²) in [5.41, 5.74) is 4.49. The van der Waals surface area contributed by atoms with Gasteiger partial charge in [0.1, 0.15) is 0 Å². The molecule has 2 N–H and O–H groups in total. The molecule has 0 amide bonds. The summed E-state index contributed by atoms with van der Waals surface area (Å²) in [5.74, 6) is 0.802. The Morgan fingerprint density at radius 1 is 1.33 bits per heavy atom. The molecule has 0 atom stereocenters. The molecule has 3 rings (SSSR count). The maximum absolute atomic E-state index is 7.67. The molecule has 24 heavy (non-hydrogen) atoms. The Balaban J connectivity index is 1.60. The fraction of sp³-hybridized carbons (Fsp3) is 0.350. The Labute approximate surface area is 143 Å². The number of nitrogens with one attached hydrogen (secondary N) is 2. The third kappa shape index (κ3) is 3.88. The molecule has 1 aliphatic rings. The van der Waals surface area contributed by atoms with Gasteiger partial charge in [-0.05, 0) is 50.7 Å². The van der Waals surface area contributed by atoms with Gasteiger partial charge in [0, 0.05) is 24.0 Å². The third-order valence-corrected chi connectivity index (χ3v) is 4.59. The van der Waals surface area contributed by atoms with Crippen molar-refractivity contribution in [2.24, 2.45) is 5.92 Å². The van der Waals surface area contributed by atoms with Gasteiger partial charge in [0.2, 0.25) is 0 Å². The monoisotopic (exact) mass is 320 g/mol. The van der Waals surface area contributed by atoms with Crippen molar-refractivity contribution < 1.29 is 0 Å². The van der Waals surface area contributed by atoms with Gasteiger partial charge in [0.15, 0.2) is 0 Å². The normalized spacial score (nSPS) is 20.5. The lowest BCUT2D eigenvalue weighted by atomic mass is 9.77. The minimum atomic E-state index is 0.503. The molecular weight excluding hydrogens is 296 g/mol. The average molecular weight is 320 g/mol. The second kappa shape index (κ2) is 7.39. The number of fused-ring (bicyclic) bond motifs is 1. The van der Waals surface area contributed by atoms with Crippen LogP contribution in [-0.2, 0) is 0 Å². The van der Waals surface area contributed by atoms with Crippen molar-refractivity contribution in [3.8, 4) is 0 Å². The molecule has 0 unspecified atom stereocenters. The van der Waals surface area contributed by atoms with Crippen LogP contribution in [0.5, 0.6) is 0 Å². The zero-order valence-electron chi connectivity index (χ0n) is 14.1. The molecule has 0 bridgehead atoms. The van der Waals surface area contributed by atoms with Crippen molar-refractivity contribution in [3.05, 3.63) is 54.5 Å². The lowest BCUT2D eigenvalue weighted by molar-refractivity contribution is 0.226. The summed E-state index contributed by atoms with van der Waals surface area (Å²) < 4.78 is 0. The Hall–Kier alpha value is -2.49. The minimum absolute atomic E-state index is 0.503. The van der Waals surface area contributed by atoms with Gasteiger partial charge in [-0.25, -0.2) is 4.98 Å². The van der Waals surface area contributed by atoms with Crippen LogP contribution < -0.4 is 5.32 Å². The van der Waals surface area contributed by atoms with Crippen molar-refractivity contribution in [2.45, 2.75) is 38.6 Å². The van der Waals surface area contributed by atoms with E-state index in [1.165, 1.54) is 31.1 Å². The molecule has 1 aliphatic carbocycles. The van der Waals surface area contributed by atoms with Crippen molar-refractivity contribution >= 4 is 22.8 Å². The predicted molar refractivity (Wildman–Crippen MR) is 100.0 cm³/mol. The van der Waals surface area contributed by atoms with Crippen LogP contribution in [0.4, 0.5) is 0 Å². The molecule has 124 valence electrons. The van der Waals surface area contributed by atoms with Gasteiger partial charge in [-0.2, -0.15) is 0 Å². The Morgan fingerprint density at radius 2 is 2.08 bits per heavy atom. The van der Waals surface area contributed by atoms with Gasteiger partial charge in [0.05, 0.1) is 22.9 Å². The molecule has 2 aromatic rings. The van der Waals surface area contributed by atoms with E-state index in [2.05, 4.69) is 28.8 Å². The van der Waals surface area contributed by atoms with Crippen LogP contribution in [-0.4, -0.2) is 22.2 Å². The first-order valence-corrected chi connectivity index (χ1v) is 8.49. The van der Waals surface area contributed by atoms with E-state index < -0.39 is 0 Å². The summed E-state index contributed by atoms with van der Waals surface area (Å²) in [4.78, 5) is 9.02. The summed E-state index contributed by atoms with van der Waals surface area (Å²) in [7, 11) is 0. The van der Waals surface area contributed by atoms with E-state index in [0.717, 1.165) is 34.6 Å². The number of aromatic nitrogens is 2. The van der Waals surface area contributed by atoms with Crippen LogP contribution in [0, 0.1) is 11.3 Å². The number of para-hydroxylation sites is 2. The second-order valence-electron chi connectivity index (χ2n) is 6.68. The van der Waals surface area contributed by atoms with E-state index in [-0.39, 0.29) is 0 Å². The van der Waals surface area contributed by atoms with E-state index in [1.807, 2.05) is 30.5 Å². The summed E-state index contributed by atoms with van der Waals surface area (Å²) in [6.07, 6.45) is 9.74. The summed E-state index contributed by atoms with van der Waals surface area (Å²) in [6, 6.07) is 8.29. The molecule has 0 spiro atoms. The Kier molecular flexibility index (Phi) is 5.04. The van der Waals surface area contributed by atoms with E-state index in [4.69, 9.17) is 5.41 Å². The molecule has 1 aromatic carbocycles. The first kappa shape index (κ1) is 16.4. The Morgan fingerprint density at radius 3 is 2.79 bits per heavy atom. The smallest absolute Gasteiger partial charge is 0.0922 e. The molecule has 1 aromatic heterocycles. The van der Waals surface area contributed by atoms with E-state index in [0.29, 0.717) is 6.04 Å². The first-order valence-electron chi connectivity index (χ1n) is 8.49. The van der Waals surface area contributed by atoms with Gasteiger partial charge >= 0.3 is 0 Å². The van der Waals surface area contributed by atoms with Crippen LogP contribution in [0.3, 0.4) is 0 Å². The largest absolute Gasteiger partial charge is 0.388 e. The molecule has 1 fully saturated rings. The van der Waals surface area contributed by atoms with Gasteiger partial charge in [-0.3, -0.25) is 4.98 Å². The Bertz CT molecular complexity index is 772. The van der Waals surface area contributed by atoms with Crippen LogP contribution in [0.1, 0.15) is 38.3 Å². The summed E-state index contributed by atoms with van der Waals surface area (Å²) >= 11 is 0. The minimum Gasteiger partial charge on any atom is -0.388 e. The highest BCUT2D eigenvalue weighted by Crippen LogP contribution is 2.32. The average Bonchev–Trinajstić information content (AvgIpc) is 2.55. The molecule has 4 nitrogen and oxygen atoms in total. The first-order chi connectivity index (χ1) is 11.7. The van der Waals surface area contributed by atoms with Gasteiger partial charge in [0.25, 0.3) is 0 Å². The van der Waals surface area contributed by atoms with E-state index in [9.17, 15) is 0 Å². The van der Waals surface area contributed by atoms with Crippen LogP contribution in [0.25, 0.3) is 16.6 Å². The summed E-state index contributed by atoms with van der Waals surface area (Å²) in [6.45, 7) is 6.06. The SMILES string of the molecule is C=C(C)CCC1CC(N/C=C(\C=N)c2cnc3ccccc3n2)C1. The van der Waals surface area contributed by atoms with Crippen molar-refractivity contribution in [1.82, 2.24) is 15.3 Å². The van der Waals surface area contributed by atoms with Crippen LogP contribution >= 0.6 is 0 Å². The maximum atomic E-state index is 7.67. The standard InChI is InChI=1S/C20H24N4/c1-14(2)7-8-15-9-17(10-15)22-12-16(11-21)20-13-23-18-5-3-4-6-19(18)24-20/h3-6,11-13,15,17,21-22H,1,7-10H2,2H3/b16-12+,21-11?. The predicted octanol–water partition coefficient (Wildman–Crippen LogP) is 4.34.